The Labute approximate surface area is 102 Å². The summed E-state index contributed by atoms with van der Waals surface area (Å²) in [6.45, 7) is 2.76. The Balaban J connectivity index is 2.30. The minimum absolute atomic E-state index is 0.105. The minimum atomic E-state index is 0.105. The zero-order chi connectivity index (χ0) is 12.1. The van der Waals surface area contributed by atoms with Gasteiger partial charge in [-0.25, -0.2) is 4.98 Å². The second kappa shape index (κ2) is 5.67. The average molecular weight is 253 g/mol. The largest absolute Gasteiger partial charge is 0.378 e. The van der Waals surface area contributed by atoms with Crippen molar-refractivity contribution in [1.82, 2.24) is 15.0 Å². The Morgan fingerprint density at radius 3 is 2.76 bits per heavy atom. The van der Waals surface area contributed by atoms with Crippen LogP contribution in [0, 0.1) is 0 Å². The van der Waals surface area contributed by atoms with Gasteiger partial charge in [0, 0.05) is 18.0 Å². The third-order valence-electron chi connectivity index (χ3n) is 2.20. The lowest BCUT2D eigenvalue weighted by Crippen LogP contribution is -2.37. The molecule has 0 atom stereocenters. The van der Waals surface area contributed by atoms with Gasteiger partial charge in [-0.05, 0) is 16.9 Å². The number of nitrogens with zero attached hydrogens (tertiary/aromatic N) is 7. The van der Waals surface area contributed by atoms with Crippen molar-refractivity contribution in [3.8, 4) is 0 Å². The topological polar surface area (TPSA) is 99.9 Å². The van der Waals surface area contributed by atoms with Crippen molar-refractivity contribution in [3.05, 3.63) is 10.4 Å². The van der Waals surface area contributed by atoms with E-state index in [2.05, 4.69) is 25.0 Å². The van der Waals surface area contributed by atoms with Crippen LogP contribution in [0.25, 0.3) is 10.4 Å². The molecule has 1 aromatic rings. The standard InChI is InChI=1S/C8H11N7OS/c1-17-8-11-6(13-14-9)10-7(12-8)15-2-4-16-5-3-15/h2-5H2,1H3. The molecule has 2 rings (SSSR count). The summed E-state index contributed by atoms with van der Waals surface area (Å²) < 4.78 is 5.26. The first kappa shape index (κ1) is 11.9. The molecule has 9 heteroatoms. The smallest absolute Gasteiger partial charge is 0.229 e. The van der Waals surface area contributed by atoms with E-state index in [0.717, 1.165) is 13.1 Å². The van der Waals surface area contributed by atoms with E-state index in [4.69, 9.17) is 10.3 Å². The number of morpholine rings is 1. The Morgan fingerprint density at radius 2 is 2.12 bits per heavy atom. The second-order valence-electron chi connectivity index (χ2n) is 3.21. The van der Waals surface area contributed by atoms with Crippen molar-refractivity contribution < 1.29 is 4.74 Å². The maximum atomic E-state index is 8.40. The molecule has 1 aromatic heterocycles. The van der Waals surface area contributed by atoms with Crippen LogP contribution in [-0.2, 0) is 4.74 Å². The van der Waals surface area contributed by atoms with Crippen molar-refractivity contribution in [2.24, 2.45) is 5.11 Å². The number of thioether (sulfide) groups is 1. The second-order valence-corrected chi connectivity index (χ2v) is 3.98. The first-order valence-electron chi connectivity index (χ1n) is 5.01. The highest BCUT2D eigenvalue weighted by molar-refractivity contribution is 7.98. The molecule has 90 valence electrons. The number of hydrogen-bond donors (Lipinski definition) is 0. The fourth-order valence-corrected chi connectivity index (χ4v) is 1.76. The van der Waals surface area contributed by atoms with E-state index >= 15 is 0 Å². The molecule has 0 amide bonds. The van der Waals surface area contributed by atoms with Gasteiger partial charge in [-0.2, -0.15) is 9.97 Å². The molecule has 0 radical (unpaired) electrons. The average Bonchev–Trinajstić information content (AvgIpc) is 2.40. The summed E-state index contributed by atoms with van der Waals surface area (Å²) in [5.74, 6) is 0.642. The van der Waals surface area contributed by atoms with Crippen LogP contribution < -0.4 is 4.90 Å². The first-order valence-corrected chi connectivity index (χ1v) is 6.24. The third kappa shape index (κ3) is 2.96. The molecule has 0 spiro atoms. The predicted molar refractivity (Wildman–Crippen MR) is 63.4 cm³/mol. The van der Waals surface area contributed by atoms with Gasteiger partial charge in [0.1, 0.15) is 0 Å². The molecule has 17 heavy (non-hydrogen) atoms. The van der Waals surface area contributed by atoms with Crippen LogP contribution in [-0.4, -0.2) is 47.5 Å². The Morgan fingerprint density at radius 1 is 1.35 bits per heavy atom. The summed E-state index contributed by atoms with van der Waals surface area (Å²) in [4.78, 5) is 17.1. The van der Waals surface area contributed by atoms with Gasteiger partial charge in [0.25, 0.3) is 0 Å². The van der Waals surface area contributed by atoms with E-state index in [1.165, 1.54) is 11.8 Å². The van der Waals surface area contributed by atoms with Crippen molar-refractivity contribution in [1.29, 1.82) is 0 Å². The Kier molecular flexibility index (Phi) is 3.97. The summed E-state index contributed by atoms with van der Waals surface area (Å²) in [6.07, 6.45) is 1.86. The lowest BCUT2D eigenvalue weighted by Gasteiger charge is -2.26. The van der Waals surface area contributed by atoms with Gasteiger partial charge in [0.15, 0.2) is 5.16 Å². The molecular formula is C8H11N7OS. The molecular weight excluding hydrogens is 242 g/mol. The van der Waals surface area contributed by atoms with Crippen LogP contribution >= 0.6 is 11.8 Å². The number of ether oxygens (including phenoxy) is 1. The Hall–Kier alpha value is -1.57. The van der Waals surface area contributed by atoms with E-state index in [0.29, 0.717) is 24.3 Å². The number of azide groups is 1. The summed E-state index contributed by atoms with van der Waals surface area (Å²) in [6, 6.07) is 0. The minimum Gasteiger partial charge on any atom is -0.378 e. The van der Waals surface area contributed by atoms with Crippen molar-refractivity contribution >= 4 is 23.7 Å². The van der Waals surface area contributed by atoms with Gasteiger partial charge in [-0.15, -0.1) is 0 Å². The Bertz CT molecular complexity index is 441. The summed E-state index contributed by atoms with van der Waals surface area (Å²) in [5.41, 5.74) is 8.40. The van der Waals surface area contributed by atoms with Crippen LogP contribution in [0.4, 0.5) is 11.9 Å². The van der Waals surface area contributed by atoms with E-state index in [1.807, 2.05) is 11.2 Å². The summed E-state index contributed by atoms with van der Waals surface area (Å²) in [5, 5.41) is 3.96. The monoisotopic (exact) mass is 253 g/mol. The molecule has 0 unspecified atom stereocenters. The van der Waals surface area contributed by atoms with Crippen LogP contribution in [0.15, 0.2) is 10.3 Å². The van der Waals surface area contributed by atoms with Gasteiger partial charge in [-0.1, -0.05) is 11.8 Å². The number of anilines is 1. The van der Waals surface area contributed by atoms with E-state index < -0.39 is 0 Å². The summed E-state index contributed by atoms with van der Waals surface area (Å²) in [7, 11) is 0. The molecule has 2 heterocycles. The molecule has 1 aliphatic heterocycles. The normalized spacial score (nSPS) is 15.5. The van der Waals surface area contributed by atoms with Crippen LogP contribution in [0.5, 0.6) is 0 Å². The predicted octanol–water partition coefficient (Wildman–Crippen LogP) is 1.37. The quantitative estimate of drug-likeness (QED) is 0.349. The number of aromatic nitrogens is 3. The van der Waals surface area contributed by atoms with Gasteiger partial charge < -0.3 is 9.64 Å². The van der Waals surface area contributed by atoms with Crippen molar-refractivity contribution in [2.45, 2.75) is 5.16 Å². The third-order valence-corrected chi connectivity index (χ3v) is 2.75. The lowest BCUT2D eigenvalue weighted by atomic mass is 10.4. The van der Waals surface area contributed by atoms with E-state index in [-0.39, 0.29) is 5.95 Å². The highest BCUT2D eigenvalue weighted by Gasteiger charge is 2.15. The van der Waals surface area contributed by atoms with Gasteiger partial charge >= 0.3 is 0 Å². The van der Waals surface area contributed by atoms with E-state index in [9.17, 15) is 0 Å². The lowest BCUT2D eigenvalue weighted by molar-refractivity contribution is 0.122. The van der Waals surface area contributed by atoms with Crippen molar-refractivity contribution in [2.75, 3.05) is 37.5 Å². The zero-order valence-corrected chi connectivity index (χ0v) is 10.1. The molecule has 1 saturated heterocycles. The zero-order valence-electron chi connectivity index (χ0n) is 9.28. The van der Waals surface area contributed by atoms with Gasteiger partial charge in [0.05, 0.1) is 13.2 Å². The molecule has 0 saturated carbocycles. The number of hydrogen-bond acceptors (Lipinski definition) is 7. The molecule has 0 aromatic carbocycles. The van der Waals surface area contributed by atoms with Crippen molar-refractivity contribution in [3.63, 3.8) is 0 Å². The van der Waals surface area contributed by atoms with E-state index in [1.54, 1.807) is 0 Å². The molecule has 0 aliphatic carbocycles. The summed E-state index contributed by atoms with van der Waals surface area (Å²) >= 11 is 1.38. The SMILES string of the molecule is CSc1nc(N=[N+]=[N-])nc(N2CCOCC2)n1. The van der Waals surface area contributed by atoms with Gasteiger partial charge in [-0.3, -0.25) is 0 Å². The maximum Gasteiger partial charge on any atom is 0.229 e. The molecule has 0 bridgehead atoms. The fraction of sp³-hybridized carbons (Fsp3) is 0.625. The number of rotatable bonds is 3. The molecule has 1 aliphatic rings. The van der Waals surface area contributed by atoms with Crippen LogP contribution in [0.1, 0.15) is 0 Å². The highest BCUT2D eigenvalue weighted by Crippen LogP contribution is 2.18. The molecule has 0 N–H and O–H groups in total. The maximum absolute atomic E-state index is 8.40. The fourth-order valence-electron chi connectivity index (χ4n) is 1.42. The first-order chi connectivity index (χ1) is 8.33. The highest BCUT2D eigenvalue weighted by atomic mass is 32.2. The van der Waals surface area contributed by atoms with Crippen LogP contribution in [0.3, 0.4) is 0 Å². The molecule has 1 fully saturated rings. The molecule has 8 nitrogen and oxygen atoms in total. The van der Waals surface area contributed by atoms with Crippen LogP contribution in [0.2, 0.25) is 0 Å². The van der Waals surface area contributed by atoms with Gasteiger partial charge in [0.2, 0.25) is 11.9 Å².